The van der Waals surface area contributed by atoms with Gasteiger partial charge in [0.1, 0.15) is 18.5 Å². The van der Waals surface area contributed by atoms with Crippen molar-refractivity contribution in [3.8, 4) is 5.75 Å². The summed E-state index contributed by atoms with van der Waals surface area (Å²) >= 11 is 0. The van der Waals surface area contributed by atoms with Gasteiger partial charge >= 0.3 is 0 Å². The third kappa shape index (κ3) is 7.71. The third-order valence-corrected chi connectivity index (χ3v) is 6.84. The number of amides is 1. The lowest BCUT2D eigenvalue weighted by atomic mass is 9.98. The number of anilines is 1. The fourth-order valence-corrected chi connectivity index (χ4v) is 4.68. The van der Waals surface area contributed by atoms with Crippen LogP contribution in [-0.4, -0.2) is 83.6 Å². The first-order valence-electron chi connectivity index (χ1n) is 13.0. The summed E-state index contributed by atoms with van der Waals surface area (Å²) in [6, 6.07) is 16.7. The maximum absolute atomic E-state index is 12.7. The molecule has 4 rings (SSSR count). The minimum absolute atomic E-state index is 0.105. The highest BCUT2D eigenvalue weighted by Crippen LogP contribution is 2.24. The van der Waals surface area contributed by atoms with E-state index in [0.717, 1.165) is 42.9 Å². The van der Waals surface area contributed by atoms with Crippen molar-refractivity contribution in [1.82, 2.24) is 14.8 Å². The number of benzene rings is 2. The molecule has 1 aliphatic rings. The molecule has 8 heteroatoms. The number of nitrogens with one attached hydrogen (secondary N) is 1. The number of pyridine rings is 1. The average molecular weight is 517 g/mol. The van der Waals surface area contributed by atoms with Crippen LogP contribution in [0.2, 0.25) is 0 Å². The number of aliphatic hydroxyl groups excluding tert-OH is 1. The third-order valence-electron chi connectivity index (χ3n) is 6.84. The Morgan fingerprint density at radius 2 is 1.68 bits per heavy atom. The van der Waals surface area contributed by atoms with E-state index < -0.39 is 6.10 Å². The van der Waals surface area contributed by atoms with Gasteiger partial charge in [-0.15, -0.1) is 0 Å². The van der Waals surface area contributed by atoms with E-state index in [1.165, 1.54) is 6.20 Å². The Bertz CT molecular complexity index is 1210. The van der Waals surface area contributed by atoms with Gasteiger partial charge in [-0.2, -0.15) is 0 Å². The smallest absolute Gasteiger partial charge is 0.257 e. The van der Waals surface area contributed by atoms with Crippen LogP contribution in [0.15, 0.2) is 67.0 Å². The fourth-order valence-electron chi connectivity index (χ4n) is 4.68. The van der Waals surface area contributed by atoms with Gasteiger partial charge in [0.25, 0.3) is 5.91 Å². The van der Waals surface area contributed by atoms with Gasteiger partial charge in [0.2, 0.25) is 0 Å². The number of carbonyl (C=O) groups is 2. The standard InChI is InChI=1S/C30H36N4O4/c1-22-7-5-8-23(2)27(22)17-25(35)19-33-13-15-34(16-14-33)20-26(36)21-38-29-11-4-3-10-28(29)32-30(37)24-9-6-12-31-18-24/h3-12,18,26,36H,13-17,19-21H2,1-2H3,(H,32,37). The molecule has 0 bridgehead atoms. The van der Waals surface area contributed by atoms with E-state index in [1.54, 1.807) is 30.5 Å². The Hall–Kier alpha value is -3.59. The van der Waals surface area contributed by atoms with Gasteiger partial charge in [0.05, 0.1) is 17.8 Å². The molecule has 1 aliphatic heterocycles. The lowest BCUT2D eigenvalue weighted by molar-refractivity contribution is -0.120. The largest absolute Gasteiger partial charge is 0.489 e. The number of hydrogen-bond donors (Lipinski definition) is 2. The van der Waals surface area contributed by atoms with Crippen molar-refractivity contribution in [2.45, 2.75) is 26.4 Å². The second-order valence-corrected chi connectivity index (χ2v) is 9.82. The summed E-state index contributed by atoms with van der Waals surface area (Å²) in [4.78, 5) is 33.6. The van der Waals surface area contributed by atoms with E-state index in [1.807, 2.05) is 18.2 Å². The van der Waals surface area contributed by atoms with Crippen LogP contribution < -0.4 is 10.1 Å². The van der Waals surface area contributed by atoms with Crippen LogP contribution in [0, 0.1) is 13.8 Å². The van der Waals surface area contributed by atoms with Crippen molar-refractivity contribution < 1.29 is 19.4 Å². The zero-order valence-electron chi connectivity index (χ0n) is 22.1. The molecule has 1 amide bonds. The first-order valence-corrected chi connectivity index (χ1v) is 13.0. The van der Waals surface area contributed by atoms with Crippen LogP contribution in [-0.2, 0) is 11.2 Å². The number of Topliss-reactive ketones (excluding diaryl/α,β-unsaturated/α-hetero) is 1. The number of hydrogen-bond acceptors (Lipinski definition) is 7. The first-order chi connectivity index (χ1) is 18.4. The summed E-state index contributed by atoms with van der Waals surface area (Å²) < 4.78 is 5.86. The summed E-state index contributed by atoms with van der Waals surface area (Å²) in [5, 5.41) is 13.5. The normalized spacial score (nSPS) is 15.1. The van der Waals surface area contributed by atoms with E-state index in [4.69, 9.17) is 4.74 Å². The Morgan fingerprint density at radius 3 is 2.39 bits per heavy atom. The summed E-state index contributed by atoms with van der Waals surface area (Å²) in [5.74, 6) is 0.453. The zero-order valence-corrected chi connectivity index (χ0v) is 22.1. The molecular weight excluding hydrogens is 480 g/mol. The van der Waals surface area contributed by atoms with Crippen LogP contribution in [0.25, 0.3) is 0 Å². The van der Waals surface area contributed by atoms with Gasteiger partial charge in [-0.1, -0.05) is 30.3 Å². The highest BCUT2D eigenvalue weighted by atomic mass is 16.5. The molecule has 1 aromatic heterocycles. The van der Waals surface area contributed by atoms with E-state index in [0.29, 0.717) is 36.5 Å². The summed E-state index contributed by atoms with van der Waals surface area (Å²) in [5.41, 5.74) is 4.45. The second kappa shape index (κ2) is 13.3. The molecule has 2 N–H and O–H groups in total. The molecule has 3 aromatic rings. The summed E-state index contributed by atoms with van der Waals surface area (Å²) in [7, 11) is 0. The molecule has 0 spiro atoms. The number of ketones is 1. The van der Waals surface area contributed by atoms with Gasteiger partial charge in [-0.05, 0) is 54.8 Å². The van der Waals surface area contributed by atoms with Crippen molar-refractivity contribution in [3.05, 3.63) is 89.2 Å². The number of nitrogens with zero attached hydrogens (tertiary/aromatic N) is 3. The minimum atomic E-state index is -0.686. The Balaban J connectivity index is 1.20. The summed E-state index contributed by atoms with van der Waals surface area (Å²) in [6.45, 7) is 8.29. The molecule has 38 heavy (non-hydrogen) atoms. The molecule has 8 nitrogen and oxygen atoms in total. The van der Waals surface area contributed by atoms with Crippen molar-refractivity contribution >= 4 is 17.4 Å². The molecule has 0 aliphatic carbocycles. The lowest BCUT2D eigenvalue weighted by Gasteiger charge is -2.35. The Kier molecular flexibility index (Phi) is 9.59. The highest BCUT2D eigenvalue weighted by molar-refractivity contribution is 6.04. The number of aliphatic hydroxyl groups is 1. The first kappa shape index (κ1) is 27.4. The van der Waals surface area contributed by atoms with Crippen LogP contribution in [0.5, 0.6) is 5.75 Å². The molecule has 2 aromatic carbocycles. The molecule has 2 heterocycles. The van der Waals surface area contributed by atoms with Gasteiger partial charge in [-0.25, -0.2) is 0 Å². The van der Waals surface area contributed by atoms with Crippen molar-refractivity contribution in [2.24, 2.45) is 0 Å². The Labute approximate surface area is 224 Å². The number of piperazine rings is 1. The van der Waals surface area contributed by atoms with Crippen LogP contribution in [0.1, 0.15) is 27.0 Å². The molecule has 200 valence electrons. The molecule has 0 radical (unpaired) electrons. The molecular formula is C30H36N4O4. The maximum Gasteiger partial charge on any atom is 0.257 e. The highest BCUT2D eigenvalue weighted by Gasteiger charge is 2.22. The number of ether oxygens (including phenoxy) is 1. The van der Waals surface area contributed by atoms with Gasteiger partial charge in [0.15, 0.2) is 5.78 Å². The monoisotopic (exact) mass is 516 g/mol. The zero-order chi connectivity index (χ0) is 26.9. The van der Waals surface area contributed by atoms with Crippen LogP contribution in [0.3, 0.4) is 0 Å². The van der Waals surface area contributed by atoms with E-state index in [2.05, 4.69) is 46.1 Å². The fraction of sp³-hybridized carbons (Fsp3) is 0.367. The van der Waals surface area contributed by atoms with Gasteiger partial charge in [0, 0.05) is 51.5 Å². The van der Waals surface area contributed by atoms with Gasteiger partial charge < -0.3 is 15.2 Å². The number of aromatic nitrogens is 1. The quantitative estimate of drug-likeness (QED) is 0.404. The second-order valence-electron chi connectivity index (χ2n) is 9.82. The number of β-amino-alcohol motifs (C(OH)–C–C–N with tert-alkyl or cyclic N) is 1. The topological polar surface area (TPSA) is 95.0 Å². The summed E-state index contributed by atoms with van der Waals surface area (Å²) in [6.07, 6.45) is 2.90. The minimum Gasteiger partial charge on any atom is -0.489 e. The SMILES string of the molecule is Cc1cccc(C)c1CC(=O)CN1CCN(CC(O)COc2ccccc2NC(=O)c2cccnc2)CC1. The number of para-hydroxylation sites is 2. The number of rotatable bonds is 11. The molecule has 0 saturated carbocycles. The predicted molar refractivity (Wildman–Crippen MR) is 148 cm³/mol. The number of carbonyl (C=O) groups excluding carboxylic acids is 2. The maximum atomic E-state index is 12.7. The van der Waals surface area contributed by atoms with Crippen LogP contribution in [0.4, 0.5) is 5.69 Å². The van der Waals surface area contributed by atoms with Crippen LogP contribution >= 0.6 is 0 Å². The molecule has 1 unspecified atom stereocenters. The molecule has 1 saturated heterocycles. The van der Waals surface area contributed by atoms with Crippen molar-refractivity contribution in [3.63, 3.8) is 0 Å². The average Bonchev–Trinajstić information content (AvgIpc) is 2.92. The van der Waals surface area contributed by atoms with Crippen molar-refractivity contribution in [1.29, 1.82) is 0 Å². The Morgan fingerprint density at radius 1 is 0.974 bits per heavy atom. The lowest BCUT2D eigenvalue weighted by Crippen LogP contribution is -2.50. The predicted octanol–water partition coefficient (Wildman–Crippen LogP) is 3.12. The molecule has 1 fully saturated rings. The van der Waals surface area contributed by atoms with Gasteiger partial charge in [-0.3, -0.25) is 24.4 Å². The van der Waals surface area contributed by atoms with E-state index in [9.17, 15) is 14.7 Å². The molecule has 1 atom stereocenters. The van der Waals surface area contributed by atoms with Crippen molar-refractivity contribution in [2.75, 3.05) is 51.2 Å². The van der Waals surface area contributed by atoms with E-state index >= 15 is 0 Å². The number of aryl methyl sites for hydroxylation is 2. The van der Waals surface area contributed by atoms with E-state index in [-0.39, 0.29) is 18.3 Å².